The molecule has 1 aromatic rings. The highest BCUT2D eigenvalue weighted by Gasteiger charge is 2.30. The molecule has 0 unspecified atom stereocenters. The summed E-state index contributed by atoms with van der Waals surface area (Å²) in [5.41, 5.74) is 0.368. The van der Waals surface area contributed by atoms with E-state index in [1.807, 2.05) is 19.3 Å². The normalized spacial score (nSPS) is 12.7. The summed E-state index contributed by atoms with van der Waals surface area (Å²) in [5.74, 6) is 1.00. The first-order valence-electron chi connectivity index (χ1n) is 6.51. The summed E-state index contributed by atoms with van der Waals surface area (Å²) < 4.78 is 1.79. The van der Waals surface area contributed by atoms with E-state index in [-0.39, 0.29) is 0 Å². The van der Waals surface area contributed by atoms with Crippen LogP contribution in [0.3, 0.4) is 0 Å². The first kappa shape index (κ1) is 14.2. The van der Waals surface area contributed by atoms with Crippen molar-refractivity contribution < 1.29 is 5.11 Å². The average Bonchev–Trinajstić information content (AvgIpc) is 2.46. The topological polar surface area (TPSA) is 38.0 Å². The number of hydrogen-bond donors (Lipinski definition) is 1. The van der Waals surface area contributed by atoms with Crippen molar-refractivity contribution >= 4 is 0 Å². The third-order valence-electron chi connectivity index (χ3n) is 2.86. The van der Waals surface area contributed by atoms with Gasteiger partial charge in [0.25, 0.3) is 0 Å². The van der Waals surface area contributed by atoms with Crippen molar-refractivity contribution in [2.24, 2.45) is 18.9 Å². The van der Waals surface area contributed by atoms with E-state index in [1.54, 1.807) is 4.68 Å². The van der Waals surface area contributed by atoms with Crippen molar-refractivity contribution in [2.75, 3.05) is 0 Å². The number of rotatable bonds is 6. The standard InChI is InChI=1S/C14H26N2O/c1-11(2)8-14(17,9-12(3)4)10-13-6-7-16(5)15-13/h6-7,11-12,17H,8-10H2,1-5H3. The highest BCUT2D eigenvalue weighted by molar-refractivity contribution is 5.04. The Morgan fingerprint density at radius 3 is 2.12 bits per heavy atom. The van der Waals surface area contributed by atoms with Crippen LogP contribution in [0.1, 0.15) is 46.2 Å². The summed E-state index contributed by atoms with van der Waals surface area (Å²) in [7, 11) is 1.91. The van der Waals surface area contributed by atoms with Crippen LogP contribution >= 0.6 is 0 Å². The molecule has 17 heavy (non-hydrogen) atoms. The molecule has 0 aliphatic heterocycles. The minimum Gasteiger partial charge on any atom is -0.389 e. The molecule has 0 amide bonds. The third kappa shape index (κ3) is 4.90. The Balaban J connectivity index is 2.75. The second-order valence-corrected chi connectivity index (χ2v) is 6.08. The average molecular weight is 238 g/mol. The Morgan fingerprint density at radius 1 is 1.24 bits per heavy atom. The van der Waals surface area contributed by atoms with E-state index in [4.69, 9.17) is 0 Å². The molecule has 1 rings (SSSR count). The van der Waals surface area contributed by atoms with Crippen LogP contribution in [0, 0.1) is 11.8 Å². The number of nitrogens with zero attached hydrogens (tertiary/aromatic N) is 2. The number of aryl methyl sites for hydroxylation is 1. The van der Waals surface area contributed by atoms with Gasteiger partial charge in [-0.3, -0.25) is 4.68 Å². The predicted octanol–water partition coefficient (Wildman–Crippen LogP) is 2.79. The minimum absolute atomic E-state index is 0.502. The van der Waals surface area contributed by atoms with Crippen LogP contribution < -0.4 is 0 Å². The molecule has 0 fully saturated rings. The first-order valence-corrected chi connectivity index (χ1v) is 6.51. The summed E-state index contributed by atoms with van der Waals surface area (Å²) in [6.07, 6.45) is 4.26. The van der Waals surface area contributed by atoms with E-state index in [9.17, 15) is 5.11 Å². The van der Waals surface area contributed by atoms with E-state index in [1.165, 1.54) is 0 Å². The van der Waals surface area contributed by atoms with Gasteiger partial charge in [0.15, 0.2) is 0 Å². The van der Waals surface area contributed by atoms with Gasteiger partial charge in [-0.05, 0) is 30.7 Å². The molecule has 0 aromatic carbocycles. The maximum absolute atomic E-state index is 10.8. The quantitative estimate of drug-likeness (QED) is 0.827. The molecule has 0 saturated heterocycles. The summed E-state index contributed by atoms with van der Waals surface area (Å²) in [5, 5.41) is 15.1. The second-order valence-electron chi connectivity index (χ2n) is 6.08. The zero-order chi connectivity index (χ0) is 13.1. The molecule has 0 spiro atoms. The van der Waals surface area contributed by atoms with Crippen molar-refractivity contribution in [3.63, 3.8) is 0 Å². The molecule has 1 aromatic heterocycles. The lowest BCUT2D eigenvalue weighted by Crippen LogP contribution is -2.35. The third-order valence-corrected chi connectivity index (χ3v) is 2.86. The minimum atomic E-state index is -0.614. The lowest BCUT2D eigenvalue weighted by molar-refractivity contribution is -0.000146. The highest BCUT2D eigenvalue weighted by Crippen LogP contribution is 2.28. The largest absolute Gasteiger partial charge is 0.389 e. The molecular weight excluding hydrogens is 212 g/mol. The van der Waals surface area contributed by atoms with E-state index >= 15 is 0 Å². The van der Waals surface area contributed by atoms with Crippen LogP contribution in [0.2, 0.25) is 0 Å². The summed E-state index contributed by atoms with van der Waals surface area (Å²) in [4.78, 5) is 0. The summed E-state index contributed by atoms with van der Waals surface area (Å²) in [6, 6.07) is 1.99. The first-order chi connectivity index (χ1) is 7.81. The molecule has 0 aliphatic carbocycles. The van der Waals surface area contributed by atoms with Crippen LogP contribution in [0.5, 0.6) is 0 Å². The maximum Gasteiger partial charge on any atom is 0.0708 e. The van der Waals surface area contributed by atoms with Crippen molar-refractivity contribution in [3.05, 3.63) is 18.0 Å². The van der Waals surface area contributed by atoms with Crippen molar-refractivity contribution in [1.82, 2.24) is 9.78 Å². The van der Waals surface area contributed by atoms with Crippen LogP contribution in [0.25, 0.3) is 0 Å². The predicted molar refractivity (Wildman–Crippen MR) is 70.8 cm³/mol. The van der Waals surface area contributed by atoms with E-state index < -0.39 is 5.60 Å². The molecule has 3 heteroatoms. The smallest absolute Gasteiger partial charge is 0.0708 e. The SMILES string of the molecule is CC(C)CC(O)(Cc1ccn(C)n1)CC(C)C. The lowest BCUT2D eigenvalue weighted by Gasteiger charge is -2.31. The molecule has 1 N–H and O–H groups in total. The van der Waals surface area contributed by atoms with E-state index in [2.05, 4.69) is 32.8 Å². The summed E-state index contributed by atoms with van der Waals surface area (Å²) in [6.45, 7) is 8.63. The fourth-order valence-electron chi connectivity index (χ4n) is 2.64. The van der Waals surface area contributed by atoms with Crippen LogP contribution in [0.15, 0.2) is 12.3 Å². The molecular formula is C14H26N2O. The Morgan fingerprint density at radius 2 is 1.76 bits per heavy atom. The van der Waals surface area contributed by atoms with Gasteiger partial charge in [-0.2, -0.15) is 5.10 Å². The van der Waals surface area contributed by atoms with Crippen molar-refractivity contribution in [1.29, 1.82) is 0 Å². The molecule has 98 valence electrons. The van der Waals surface area contributed by atoms with E-state index in [0.29, 0.717) is 18.3 Å². The van der Waals surface area contributed by atoms with Gasteiger partial charge in [-0.15, -0.1) is 0 Å². The van der Waals surface area contributed by atoms with Gasteiger partial charge in [-0.25, -0.2) is 0 Å². The van der Waals surface area contributed by atoms with Gasteiger partial charge in [0, 0.05) is 19.7 Å². The molecule has 0 radical (unpaired) electrons. The van der Waals surface area contributed by atoms with Crippen molar-refractivity contribution in [2.45, 2.75) is 52.6 Å². The van der Waals surface area contributed by atoms with Gasteiger partial charge in [0.1, 0.15) is 0 Å². The Hall–Kier alpha value is -0.830. The Bertz CT molecular complexity index is 332. The monoisotopic (exact) mass is 238 g/mol. The Kier molecular flexibility index (Phi) is 4.75. The molecule has 0 saturated carbocycles. The number of aliphatic hydroxyl groups is 1. The van der Waals surface area contributed by atoms with Gasteiger partial charge in [-0.1, -0.05) is 27.7 Å². The second kappa shape index (κ2) is 5.67. The van der Waals surface area contributed by atoms with E-state index in [0.717, 1.165) is 18.5 Å². The molecule has 0 atom stereocenters. The Labute approximate surface area is 105 Å². The van der Waals surface area contributed by atoms with Gasteiger partial charge < -0.3 is 5.11 Å². The van der Waals surface area contributed by atoms with Crippen molar-refractivity contribution in [3.8, 4) is 0 Å². The molecule has 1 heterocycles. The van der Waals surface area contributed by atoms with Crippen LogP contribution in [0.4, 0.5) is 0 Å². The number of hydrogen-bond acceptors (Lipinski definition) is 2. The zero-order valence-electron chi connectivity index (χ0n) is 11.8. The van der Waals surface area contributed by atoms with Crippen LogP contribution in [-0.2, 0) is 13.5 Å². The van der Waals surface area contributed by atoms with Gasteiger partial charge >= 0.3 is 0 Å². The van der Waals surface area contributed by atoms with Gasteiger partial charge in [0.05, 0.1) is 11.3 Å². The van der Waals surface area contributed by atoms with Crippen LogP contribution in [-0.4, -0.2) is 20.5 Å². The molecule has 0 bridgehead atoms. The fourth-order valence-corrected chi connectivity index (χ4v) is 2.64. The zero-order valence-corrected chi connectivity index (χ0v) is 11.8. The maximum atomic E-state index is 10.8. The highest BCUT2D eigenvalue weighted by atomic mass is 16.3. The van der Waals surface area contributed by atoms with Gasteiger partial charge in [0.2, 0.25) is 0 Å². The fraction of sp³-hybridized carbons (Fsp3) is 0.786. The number of aromatic nitrogens is 2. The lowest BCUT2D eigenvalue weighted by atomic mass is 9.82. The molecule has 3 nitrogen and oxygen atoms in total. The summed E-state index contributed by atoms with van der Waals surface area (Å²) >= 11 is 0. The molecule has 0 aliphatic rings.